The second-order valence-corrected chi connectivity index (χ2v) is 1.80. The van der Waals surface area contributed by atoms with Gasteiger partial charge in [0.1, 0.15) is 0 Å². The van der Waals surface area contributed by atoms with Gasteiger partial charge in [-0.05, 0) is 0 Å². The van der Waals surface area contributed by atoms with Gasteiger partial charge in [0.25, 0.3) is 0 Å². The summed E-state index contributed by atoms with van der Waals surface area (Å²) in [7, 11) is -4.61. The summed E-state index contributed by atoms with van der Waals surface area (Å²) in [5.41, 5.74) is 0. The van der Waals surface area contributed by atoms with Crippen molar-refractivity contribution in [2.45, 2.75) is 0 Å². The van der Waals surface area contributed by atoms with Gasteiger partial charge in [-0.25, -0.2) is 0 Å². The van der Waals surface area contributed by atoms with E-state index in [1.165, 1.54) is 0 Å². The Balaban J connectivity index is -0.0000000286. The zero-order valence-electron chi connectivity index (χ0n) is 5.20. The van der Waals surface area contributed by atoms with Gasteiger partial charge in [0.05, 0.1) is 0 Å². The zero-order chi connectivity index (χ0) is 6.50. The molecular weight excluding hydrogens is 206 g/mol. The predicted octanol–water partition coefficient (Wildman–Crippen LogP) is -5.61. The van der Waals surface area contributed by atoms with Crippen molar-refractivity contribution >= 4 is 9.05 Å². The van der Waals surface area contributed by atoms with Crippen molar-refractivity contribution in [3.8, 4) is 0 Å². The maximum absolute atomic E-state index is 8.34. The Kier molecular flexibility index (Phi) is 16.8. The molecule has 0 aliphatic carbocycles. The first-order valence-corrected chi connectivity index (χ1v) is 3.89. The first-order valence-electron chi connectivity index (χ1n) is 1.10. The molecule has 5 nitrogen and oxygen atoms in total. The molecule has 0 aromatic carbocycles. The molecule has 0 amide bonds. The normalized spacial score (nSPS) is 7.88. The fraction of sp³-hybridized carbons (Fsp3) is 0. The molecule has 4 N–H and O–H groups in total. The second kappa shape index (κ2) is 8.34. The third-order valence-corrected chi connectivity index (χ3v) is 0. The molecule has 0 atom stereocenters. The van der Waals surface area contributed by atoms with Gasteiger partial charge >= 0.3 is 55.4 Å². The Hall–Kier alpha value is 1.34. The van der Waals surface area contributed by atoms with E-state index in [9.17, 15) is 0 Å². The van der Waals surface area contributed by atoms with Crippen molar-refractivity contribution in [3.63, 3.8) is 0 Å². The van der Waals surface area contributed by atoms with E-state index >= 15 is 0 Å². The Morgan fingerprint density at radius 3 is 1.12 bits per heavy atom. The zero-order valence-corrected chi connectivity index (χ0v) is 7.66. The molecule has 0 radical (unpaired) electrons. The first kappa shape index (κ1) is 16.2. The fourth-order valence-corrected chi connectivity index (χ4v) is 0. The Morgan fingerprint density at radius 1 is 1.12 bits per heavy atom. The summed E-state index contributed by atoms with van der Waals surface area (Å²) in [6, 6.07) is 0. The Labute approximate surface area is 75.8 Å². The van der Waals surface area contributed by atoms with Crippen molar-refractivity contribution in [2.75, 3.05) is 0 Å². The summed E-state index contributed by atoms with van der Waals surface area (Å²) in [4.78, 5) is 29.3. The van der Waals surface area contributed by atoms with Crippen LogP contribution in [0.3, 0.4) is 0 Å². The van der Waals surface area contributed by atoms with Crippen molar-refractivity contribution in [1.29, 1.82) is 0 Å². The minimum absolute atomic E-state index is 0. The molecule has 0 saturated heterocycles. The van der Waals surface area contributed by atoms with Gasteiger partial charge in [-0.15, -0.1) is 0 Å². The summed E-state index contributed by atoms with van der Waals surface area (Å²) < 4.78 is 8.34. The Morgan fingerprint density at radius 2 is 1.12 bits per heavy atom. The standard InChI is InChI=1S/Li.H4O4Si.O.Zr.H/c;1-5(2,3)4;;;/h;1-4H;;;/q+1;;;;-1. The summed E-state index contributed by atoms with van der Waals surface area (Å²) in [5, 5.41) is 0. The summed E-state index contributed by atoms with van der Waals surface area (Å²) in [6.45, 7) is 0. The fourth-order valence-electron chi connectivity index (χ4n) is 0. The number of rotatable bonds is 0. The SMILES string of the molecule is O[Si](O)(O)O.[H-].[Li+].[O]=[Zr]. The van der Waals surface area contributed by atoms with Crippen LogP contribution in [0.5, 0.6) is 0 Å². The van der Waals surface area contributed by atoms with Crippen molar-refractivity contribution in [1.82, 2.24) is 0 Å². The van der Waals surface area contributed by atoms with Gasteiger partial charge in [0, 0.05) is 0 Å². The van der Waals surface area contributed by atoms with Crippen LogP contribution in [0.25, 0.3) is 0 Å². The topological polar surface area (TPSA) is 98.0 Å². The van der Waals surface area contributed by atoms with Gasteiger partial charge in [-0.1, -0.05) is 0 Å². The molecule has 0 aromatic rings. The third-order valence-electron chi connectivity index (χ3n) is 0. The van der Waals surface area contributed by atoms with Crippen LogP contribution >= 0.6 is 0 Å². The maximum atomic E-state index is 8.34. The van der Waals surface area contributed by atoms with Crippen LogP contribution in [-0.4, -0.2) is 28.2 Å². The molecule has 0 heterocycles. The van der Waals surface area contributed by atoms with Gasteiger partial charge in [0.15, 0.2) is 0 Å². The van der Waals surface area contributed by atoms with E-state index in [2.05, 4.69) is 0 Å². The van der Waals surface area contributed by atoms with Crippen LogP contribution in [0, 0.1) is 0 Å². The van der Waals surface area contributed by atoms with E-state index in [1.54, 1.807) is 0 Å². The van der Waals surface area contributed by atoms with Crippen molar-refractivity contribution in [2.24, 2.45) is 0 Å². The summed E-state index contributed by atoms with van der Waals surface area (Å²) in [5.74, 6) is 0. The minimum atomic E-state index is -4.61. The van der Waals surface area contributed by atoms with Gasteiger partial charge in [-0.2, -0.15) is 0 Å². The number of hydrogen-bond donors (Lipinski definition) is 4. The van der Waals surface area contributed by atoms with Gasteiger partial charge in [-0.3, -0.25) is 0 Å². The molecule has 0 unspecified atom stereocenters. The first-order chi connectivity index (χ1) is 3.00. The van der Waals surface area contributed by atoms with Crippen molar-refractivity contribution in [3.05, 3.63) is 0 Å². The average molecular weight is 211 g/mol. The van der Waals surface area contributed by atoms with Crippen LogP contribution in [0.1, 0.15) is 1.43 Å². The molecule has 0 rings (SSSR count). The monoisotopic (exact) mass is 210 g/mol. The van der Waals surface area contributed by atoms with E-state index in [0.29, 0.717) is 24.7 Å². The number of hydrogen-bond acceptors (Lipinski definition) is 5. The van der Waals surface area contributed by atoms with E-state index in [4.69, 9.17) is 22.0 Å². The van der Waals surface area contributed by atoms with E-state index < -0.39 is 9.05 Å². The van der Waals surface area contributed by atoms with Crippen LogP contribution in [0.15, 0.2) is 0 Å². The van der Waals surface area contributed by atoms with E-state index in [1.807, 2.05) is 0 Å². The molecule has 0 saturated carbocycles. The van der Waals surface area contributed by atoms with Crippen molar-refractivity contribution < 1.29 is 67.0 Å². The Bertz CT molecular complexity index is 40.7. The molecule has 8 heteroatoms. The molecular formula is H5LiO5SiZr. The predicted molar refractivity (Wildman–Crippen MR) is 16.4 cm³/mol. The second-order valence-electron chi connectivity index (χ2n) is 0.600. The van der Waals surface area contributed by atoms with Gasteiger partial charge in [0.2, 0.25) is 0 Å². The molecule has 0 aliphatic rings. The molecule has 0 spiro atoms. The molecule has 8 heavy (non-hydrogen) atoms. The molecule has 0 bridgehead atoms. The van der Waals surface area contributed by atoms with Crippen LogP contribution in [0.4, 0.5) is 0 Å². The molecule has 44 valence electrons. The van der Waals surface area contributed by atoms with E-state index in [0.717, 1.165) is 0 Å². The molecule has 0 aliphatic heterocycles. The summed E-state index contributed by atoms with van der Waals surface area (Å²) in [6.07, 6.45) is 0. The van der Waals surface area contributed by atoms with Crippen LogP contribution in [0.2, 0.25) is 0 Å². The molecule has 0 aromatic heterocycles. The average Bonchev–Trinajstić information content (AvgIpc) is 1.36. The van der Waals surface area contributed by atoms with Crippen LogP contribution < -0.4 is 18.9 Å². The van der Waals surface area contributed by atoms with Gasteiger partial charge < -0.3 is 20.6 Å². The summed E-state index contributed by atoms with van der Waals surface area (Å²) >= 11 is 0.300. The van der Waals surface area contributed by atoms with E-state index in [-0.39, 0.29) is 20.3 Å². The van der Waals surface area contributed by atoms with Crippen LogP contribution in [-0.2, 0) is 27.5 Å². The third kappa shape index (κ3) is 165. The quantitative estimate of drug-likeness (QED) is 0.300. The molecule has 0 fully saturated rings.